The van der Waals surface area contributed by atoms with Crippen molar-refractivity contribution in [3.05, 3.63) is 73.3 Å². The van der Waals surface area contributed by atoms with Gasteiger partial charge < -0.3 is 5.32 Å². The molecule has 11 heteroatoms. The Balaban J connectivity index is 1.60. The van der Waals surface area contributed by atoms with Gasteiger partial charge in [0.15, 0.2) is 0 Å². The Kier molecular flexibility index (Phi) is 6.39. The first-order valence-corrected chi connectivity index (χ1v) is 9.84. The number of hydrogen-bond acceptors (Lipinski definition) is 7. The topological polar surface area (TPSA) is 123 Å². The van der Waals surface area contributed by atoms with E-state index in [-0.39, 0.29) is 29.6 Å². The number of benzene rings is 1. The minimum atomic E-state index is -0.518. The van der Waals surface area contributed by atoms with Crippen LogP contribution in [0.4, 0.5) is 10.5 Å². The van der Waals surface area contributed by atoms with Crippen LogP contribution in [0.1, 0.15) is 15.9 Å². The smallest absolute Gasteiger partial charge is 0.293 e. The average molecular weight is 477 g/mol. The summed E-state index contributed by atoms with van der Waals surface area (Å²) in [5.41, 5.74) is 0.856. The van der Waals surface area contributed by atoms with Crippen molar-refractivity contribution in [1.82, 2.24) is 15.2 Å². The molecule has 1 N–H and O–H groups in total. The standard InChI is InChI=1S/C18H13BrN4O5S/c19-13-8-12(9-20-10-13)16(24)21-5-6-22-17(25)15(29-18(22)26)7-11-1-3-14(4-2-11)23(27)28/h1-4,7-10H,5-6H2,(H,21,24)/b15-7+. The number of nitro groups is 1. The number of amides is 3. The first kappa shape index (κ1) is 20.7. The number of non-ortho nitro benzene ring substituents is 1. The van der Waals surface area contributed by atoms with Crippen LogP contribution >= 0.6 is 27.7 Å². The fourth-order valence-corrected chi connectivity index (χ4v) is 3.69. The quantitative estimate of drug-likeness (QED) is 0.385. The zero-order valence-corrected chi connectivity index (χ0v) is 17.1. The van der Waals surface area contributed by atoms with Gasteiger partial charge in [0.2, 0.25) is 0 Å². The summed E-state index contributed by atoms with van der Waals surface area (Å²) in [7, 11) is 0. The van der Waals surface area contributed by atoms with Gasteiger partial charge in [-0.05, 0) is 57.5 Å². The molecular formula is C18H13BrN4O5S. The van der Waals surface area contributed by atoms with Crippen LogP contribution < -0.4 is 5.32 Å². The van der Waals surface area contributed by atoms with Crippen molar-refractivity contribution in [2.75, 3.05) is 13.1 Å². The van der Waals surface area contributed by atoms with Gasteiger partial charge in [-0.1, -0.05) is 0 Å². The molecule has 9 nitrogen and oxygen atoms in total. The largest absolute Gasteiger partial charge is 0.350 e. The molecule has 148 valence electrons. The van der Waals surface area contributed by atoms with Crippen molar-refractivity contribution in [2.45, 2.75) is 0 Å². The van der Waals surface area contributed by atoms with Crippen molar-refractivity contribution < 1.29 is 19.3 Å². The molecular weight excluding hydrogens is 464 g/mol. The van der Waals surface area contributed by atoms with Crippen LogP contribution in [0.25, 0.3) is 6.08 Å². The first-order chi connectivity index (χ1) is 13.8. The lowest BCUT2D eigenvalue weighted by Crippen LogP contribution is -2.37. The van der Waals surface area contributed by atoms with Gasteiger partial charge in [0.25, 0.3) is 22.7 Å². The van der Waals surface area contributed by atoms with E-state index in [9.17, 15) is 24.5 Å². The van der Waals surface area contributed by atoms with Crippen molar-refractivity contribution in [2.24, 2.45) is 0 Å². The van der Waals surface area contributed by atoms with Crippen molar-refractivity contribution >= 4 is 56.5 Å². The number of nitrogens with one attached hydrogen (secondary N) is 1. The Labute approximate surface area is 177 Å². The monoisotopic (exact) mass is 476 g/mol. The maximum absolute atomic E-state index is 12.5. The second-order valence-electron chi connectivity index (χ2n) is 5.83. The van der Waals surface area contributed by atoms with E-state index in [0.29, 0.717) is 15.6 Å². The van der Waals surface area contributed by atoms with E-state index in [1.807, 2.05) is 0 Å². The van der Waals surface area contributed by atoms with E-state index < -0.39 is 16.1 Å². The molecule has 1 aliphatic heterocycles. The Morgan fingerprint density at radius 3 is 2.66 bits per heavy atom. The second-order valence-corrected chi connectivity index (χ2v) is 7.74. The molecule has 2 aromatic rings. The zero-order valence-electron chi connectivity index (χ0n) is 14.7. The molecule has 3 rings (SSSR count). The number of pyridine rings is 1. The third-order valence-electron chi connectivity index (χ3n) is 3.86. The molecule has 0 bridgehead atoms. The number of carbonyl (C=O) groups is 3. The van der Waals surface area contributed by atoms with Crippen LogP contribution in [0, 0.1) is 10.1 Å². The van der Waals surface area contributed by atoms with Crippen molar-refractivity contribution in [1.29, 1.82) is 0 Å². The summed E-state index contributed by atoms with van der Waals surface area (Å²) in [6, 6.07) is 7.25. The summed E-state index contributed by atoms with van der Waals surface area (Å²) in [5.74, 6) is -0.844. The molecule has 3 amide bonds. The molecule has 1 saturated heterocycles. The normalized spacial score (nSPS) is 15.1. The first-order valence-electron chi connectivity index (χ1n) is 8.24. The van der Waals surface area contributed by atoms with Crippen LogP contribution in [0.5, 0.6) is 0 Å². The maximum Gasteiger partial charge on any atom is 0.293 e. The lowest BCUT2D eigenvalue weighted by atomic mass is 10.2. The average Bonchev–Trinajstić information content (AvgIpc) is 2.95. The number of aromatic nitrogens is 1. The molecule has 1 aliphatic rings. The lowest BCUT2D eigenvalue weighted by Gasteiger charge is -2.13. The number of nitro benzene ring substituents is 1. The van der Waals surface area contributed by atoms with Crippen molar-refractivity contribution in [3.8, 4) is 0 Å². The SMILES string of the molecule is O=C(NCCN1C(=O)S/C(=C/c2ccc([N+](=O)[O-])cc2)C1=O)c1cncc(Br)c1. The minimum Gasteiger partial charge on any atom is -0.350 e. The lowest BCUT2D eigenvalue weighted by molar-refractivity contribution is -0.384. The number of hydrogen-bond donors (Lipinski definition) is 1. The Bertz CT molecular complexity index is 1030. The van der Waals surface area contributed by atoms with Crippen molar-refractivity contribution in [3.63, 3.8) is 0 Å². The third kappa shape index (κ3) is 5.06. The Morgan fingerprint density at radius 1 is 1.28 bits per heavy atom. The second kappa shape index (κ2) is 8.97. The van der Waals surface area contributed by atoms with E-state index in [4.69, 9.17) is 0 Å². The zero-order chi connectivity index (χ0) is 21.0. The molecule has 0 unspecified atom stereocenters. The van der Waals surface area contributed by atoms with Gasteiger partial charge in [-0.15, -0.1) is 0 Å². The van der Waals surface area contributed by atoms with Gasteiger partial charge >= 0.3 is 0 Å². The van der Waals surface area contributed by atoms with Gasteiger partial charge in [0.1, 0.15) is 0 Å². The minimum absolute atomic E-state index is 0.0233. The molecule has 1 aromatic heterocycles. The highest BCUT2D eigenvalue weighted by Crippen LogP contribution is 2.32. The molecule has 1 fully saturated rings. The number of imide groups is 1. The summed E-state index contributed by atoms with van der Waals surface area (Å²) in [5, 5.41) is 12.9. The summed E-state index contributed by atoms with van der Waals surface area (Å²) in [6.07, 6.45) is 4.46. The fourth-order valence-electron chi connectivity index (χ4n) is 2.46. The fraction of sp³-hybridized carbons (Fsp3) is 0.111. The molecule has 29 heavy (non-hydrogen) atoms. The molecule has 2 heterocycles. The maximum atomic E-state index is 12.5. The number of halogens is 1. The summed E-state index contributed by atoms with van der Waals surface area (Å²) < 4.78 is 0.660. The molecule has 0 atom stereocenters. The summed E-state index contributed by atoms with van der Waals surface area (Å²) >= 11 is 4.01. The van der Waals surface area contributed by atoms with E-state index in [1.54, 1.807) is 12.3 Å². The number of carbonyl (C=O) groups excluding carboxylic acids is 3. The number of rotatable bonds is 6. The van der Waals surface area contributed by atoms with Gasteiger partial charge in [-0.25, -0.2) is 0 Å². The molecule has 0 radical (unpaired) electrons. The predicted octanol–water partition coefficient (Wildman–Crippen LogP) is 3.22. The molecule has 1 aromatic carbocycles. The summed E-state index contributed by atoms with van der Waals surface area (Å²) in [4.78, 5) is 52.0. The third-order valence-corrected chi connectivity index (χ3v) is 5.20. The van der Waals surface area contributed by atoms with E-state index >= 15 is 0 Å². The number of nitrogens with zero attached hydrogens (tertiary/aromatic N) is 3. The predicted molar refractivity (Wildman–Crippen MR) is 110 cm³/mol. The highest BCUT2D eigenvalue weighted by molar-refractivity contribution is 9.10. The highest BCUT2D eigenvalue weighted by Gasteiger charge is 2.34. The number of thioether (sulfide) groups is 1. The van der Waals surface area contributed by atoms with Gasteiger partial charge in [-0.2, -0.15) is 0 Å². The Hall–Kier alpha value is -3.05. The molecule has 0 aliphatic carbocycles. The van der Waals surface area contributed by atoms with Crippen LogP contribution in [0.15, 0.2) is 52.1 Å². The van der Waals surface area contributed by atoms with Crippen LogP contribution in [-0.2, 0) is 4.79 Å². The summed E-state index contributed by atoms with van der Waals surface area (Å²) in [6.45, 7) is 0.115. The molecule has 0 spiro atoms. The van der Waals surface area contributed by atoms with E-state index in [1.165, 1.54) is 36.5 Å². The van der Waals surface area contributed by atoms with E-state index in [0.717, 1.165) is 16.7 Å². The van der Waals surface area contributed by atoms with Crippen LogP contribution in [0.2, 0.25) is 0 Å². The van der Waals surface area contributed by atoms with Crippen LogP contribution in [0.3, 0.4) is 0 Å². The highest BCUT2D eigenvalue weighted by atomic mass is 79.9. The van der Waals surface area contributed by atoms with Gasteiger partial charge in [0, 0.05) is 42.1 Å². The van der Waals surface area contributed by atoms with Gasteiger partial charge in [-0.3, -0.25) is 34.4 Å². The van der Waals surface area contributed by atoms with Crippen LogP contribution in [-0.4, -0.2) is 45.0 Å². The molecule has 0 saturated carbocycles. The van der Waals surface area contributed by atoms with E-state index in [2.05, 4.69) is 26.2 Å². The Morgan fingerprint density at radius 2 is 2.00 bits per heavy atom. The van der Waals surface area contributed by atoms with Gasteiger partial charge in [0.05, 0.1) is 15.4 Å².